The number of ether oxygens (including phenoxy) is 1. The molecule has 1 atom stereocenters. The van der Waals surface area contributed by atoms with Crippen molar-refractivity contribution in [2.45, 2.75) is 13.0 Å². The molecule has 132 valence electrons. The zero-order valence-electron chi connectivity index (χ0n) is 14.7. The quantitative estimate of drug-likeness (QED) is 0.847. The predicted molar refractivity (Wildman–Crippen MR) is 92.2 cm³/mol. The first-order valence-corrected chi connectivity index (χ1v) is 8.18. The highest BCUT2D eigenvalue weighted by atomic mass is 16.5. The lowest BCUT2D eigenvalue weighted by molar-refractivity contribution is -0.133. The van der Waals surface area contributed by atoms with E-state index in [0.29, 0.717) is 25.2 Å². The fourth-order valence-electron chi connectivity index (χ4n) is 3.17. The number of amides is 2. The number of methoxy groups -OCH3 is 1. The third-order valence-electron chi connectivity index (χ3n) is 4.52. The van der Waals surface area contributed by atoms with Crippen molar-refractivity contribution >= 4 is 11.8 Å². The van der Waals surface area contributed by atoms with Gasteiger partial charge in [0, 0.05) is 39.8 Å². The van der Waals surface area contributed by atoms with Gasteiger partial charge in [-0.3, -0.25) is 14.3 Å². The Labute approximate surface area is 146 Å². The molecule has 1 aliphatic rings. The minimum absolute atomic E-state index is 0.00861. The molecule has 7 nitrogen and oxygen atoms in total. The van der Waals surface area contributed by atoms with Crippen LogP contribution in [0.25, 0.3) is 0 Å². The molecule has 2 aromatic rings. The molecule has 0 radical (unpaired) electrons. The molecule has 1 saturated heterocycles. The highest BCUT2D eigenvalue weighted by molar-refractivity contribution is 5.94. The molecule has 2 amide bonds. The Hall–Kier alpha value is -2.83. The Kier molecular flexibility index (Phi) is 4.74. The van der Waals surface area contributed by atoms with Crippen LogP contribution in [0.15, 0.2) is 36.7 Å². The molecule has 1 aliphatic heterocycles. The molecule has 3 rings (SSSR count). The number of carbonyl (C=O) groups excluding carboxylic acids is 2. The van der Waals surface area contributed by atoms with Crippen LogP contribution >= 0.6 is 0 Å². The van der Waals surface area contributed by atoms with Crippen LogP contribution in [0.3, 0.4) is 0 Å². The minimum atomic E-state index is -0.169. The summed E-state index contributed by atoms with van der Waals surface area (Å²) in [4.78, 5) is 28.4. The Bertz CT molecular complexity index is 769. The third-order valence-corrected chi connectivity index (χ3v) is 4.52. The first-order valence-electron chi connectivity index (χ1n) is 8.18. The van der Waals surface area contributed by atoms with Gasteiger partial charge >= 0.3 is 0 Å². The van der Waals surface area contributed by atoms with Crippen LogP contribution in [0.5, 0.6) is 5.75 Å². The summed E-state index contributed by atoms with van der Waals surface area (Å²) < 4.78 is 6.81. The molecule has 0 unspecified atom stereocenters. The second-order valence-corrected chi connectivity index (χ2v) is 6.16. The summed E-state index contributed by atoms with van der Waals surface area (Å²) in [5, 5.41) is 4.06. The molecule has 0 aliphatic carbocycles. The molecule has 1 aromatic heterocycles. The van der Waals surface area contributed by atoms with Crippen LogP contribution in [0.2, 0.25) is 0 Å². The Morgan fingerprint density at radius 3 is 2.48 bits per heavy atom. The van der Waals surface area contributed by atoms with Gasteiger partial charge in [-0.2, -0.15) is 5.10 Å². The number of hydrogen-bond donors (Lipinski definition) is 0. The topological polar surface area (TPSA) is 67.7 Å². The van der Waals surface area contributed by atoms with E-state index in [1.807, 2.05) is 29.2 Å². The predicted octanol–water partition coefficient (Wildman–Crippen LogP) is 1.47. The summed E-state index contributed by atoms with van der Waals surface area (Å²) in [5.41, 5.74) is 1.55. The highest BCUT2D eigenvalue weighted by Gasteiger charge is 2.32. The second-order valence-electron chi connectivity index (χ2n) is 6.16. The molecule has 0 bridgehead atoms. The van der Waals surface area contributed by atoms with E-state index in [1.165, 1.54) is 0 Å². The number of nitrogens with zero attached hydrogens (tertiary/aromatic N) is 4. The number of aryl methyl sites for hydroxylation is 1. The van der Waals surface area contributed by atoms with E-state index in [2.05, 4.69) is 5.10 Å². The maximum Gasteiger partial charge on any atom is 0.257 e. The minimum Gasteiger partial charge on any atom is -0.497 e. The van der Waals surface area contributed by atoms with Crippen molar-refractivity contribution in [2.75, 3.05) is 26.7 Å². The maximum absolute atomic E-state index is 12.7. The molecular weight excluding hydrogens is 320 g/mol. The lowest BCUT2D eigenvalue weighted by Crippen LogP contribution is -2.51. The van der Waals surface area contributed by atoms with Gasteiger partial charge in [0.1, 0.15) is 5.75 Å². The van der Waals surface area contributed by atoms with Crippen molar-refractivity contribution in [3.05, 3.63) is 47.8 Å². The van der Waals surface area contributed by atoms with E-state index in [1.54, 1.807) is 43.1 Å². The highest BCUT2D eigenvalue weighted by Crippen LogP contribution is 2.28. The van der Waals surface area contributed by atoms with Gasteiger partial charge < -0.3 is 14.5 Å². The van der Waals surface area contributed by atoms with Crippen molar-refractivity contribution in [1.82, 2.24) is 19.6 Å². The first-order chi connectivity index (χ1) is 12.0. The SMILES string of the molecule is COc1ccc([C@@H]2CN(C(=O)c3cnn(C)c3)CCN2C(C)=O)cc1. The van der Waals surface area contributed by atoms with Crippen molar-refractivity contribution < 1.29 is 14.3 Å². The third kappa shape index (κ3) is 3.50. The largest absolute Gasteiger partial charge is 0.497 e. The van der Waals surface area contributed by atoms with Gasteiger partial charge in [0.25, 0.3) is 5.91 Å². The monoisotopic (exact) mass is 342 g/mol. The van der Waals surface area contributed by atoms with Crippen LogP contribution < -0.4 is 4.74 Å². The van der Waals surface area contributed by atoms with Gasteiger partial charge in [-0.15, -0.1) is 0 Å². The molecule has 7 heteroatoms. The number of carbonyl (C=O) groups is 2. The van der Waals surface area contributed by atoms with E-state index in [9.17, 15) is 9.59 Å². The first kappa shape index (κ1) is 17.0. The molecule has 0 saturated carbocycles. The van der Waals surface area contributed by atoms with Gasteiger partial charge in [0.05, 0.1) is 24.9 Å². The standard InChI is InChI=1S/C18H22N4O3/c1-13(23)22-9-8-21(18(24)15-10-19-20(2)11-15)12-17(22)14-4-6-16(25-3)7-5-14/h4-7,10-11,17H,8-9,12H2,1-3H3/t17-/m0/s1. The summed E-state index contributed by atoms with van der Waals surface area (Å²) in [6.07, 6.45) is 3.28. The van der Waals surface area contributed by atoms with Crippen LogP contribution in [-0.4, -0.2) is 58.1 Å². The molecule has 0 N–H and O–H groups in total. The van der Waals surface area contributed by atoms with E-state index in [-0.39, 0.29) is 17.9 Å². The zero-order valence-corrected chi connectivity index (χ0v) is 14.7. The van der Waals surface area contributed by atoms with E-state index in [0.717, 1.165) is 11.3 Å². The van der Waals surface area contributed by atoms with Gasteiger partial charge in [0.2, 0.25) is 5.91 Å². The zero-order chi connectivity index (χ0) is 18.0. The van der Waals surface area contributed by atoms with Crippen LogP contribution in [0.1, 0.15) is 28.9 Å². The van der Waals surface area contributed by atoms with Crippen molar-refractivity contribution in [1.29, 1.82) is 0 Å². The molecule has 2 heterocycles. The fourth-order valence-corrected chi connectivity index (χ4v) is 3.17. The Balaban J connectivity index is 1.84. The van der Waals surface area contributed by atoms with Crippen molar-refractivity contribution in [2.24, 2.45) is 7.05 Å². The molecule has 25 heavy (non-hydrogen) atoms. The van der Waals surface area contributed by atoms with E-state index in [4.69, 9.17) is 4.74 Å². The Morgan fingerprint density at radius 2 is 1.92 bits per heavy atom. The number of benzene rings is 1. The second kappa shape index (κ2) is 6.96. The molecule has 1 fully saturated rings. The van der Waals surface area contributed by atoms with Gasteiger partial charge in [-0.05, 0) is 17.7 Å². The summed E-state index contributed by atoms with van der Waals surface area (Å²) >= 11 is 0. The van der Waals surface area contributed by atoms with E-state index < -0.39 is 0 Å². The van der Waals surface area contributed by atoms with Gasteiger partial charge in [-0.1, -0.05) is 12.1 Å². The number of hydrogen-bond acceptors (Lipinski definition) is 4. The fraction of sp³-hybridized carbons (Fsp3) is 0.389. The van der Waals surface area contributed by atoms with Crippen LogP contribution in [0, 0.1) is 0 Å². The summed E-state index contributed by atoms with van der Waals surface area (Å²) in [6, 6.07) is 7.46. The average Bonchev–Trinajstić information content (AvgIpc) is 3.07. The molecule has 1 aromatic carbocycles. The Morgan fingerprint density at radius 1 is 1.20 bits per heavy atom. The molecular formula is C18H22N4O3. The molecule has 0 spiro atoms. The van der Waals surface area contributed by atoms with E-state index >= 15 is 0 Å². The summed E-state index contributed by atoms with van der Waals surface area (Å²) in [7, 11) is 3.40. The van der Waals surface area contributed by atoms with Crippen molar-refractivity contribution in [3.63, 3.8) is 0 Å². The van der Waals surface area contributed by atoms with Crippen LogP contribution in [0.4, 0.5) is 0 Å². The maximum atomic E-state index is 12.7. The average molecular weight is 342 g/mol. The summed E-state index contributed by atoms with van der Waals surface area (Å²) in [5.74, 6) is 0.710. The lowest BCUT2D eigenvalue weighted by Gasteiger charge is -2.41. The normalized spacial score (nSPS) is 17.5. The van der Waals surface area contributed by atoms with Crippen molar-refractivity contribution in [3.8, 4) is 5.75 Å². The summed E-state index contributed by atoms with van der Waals surface area (Å²) in [6.45, 7) is 3.05. The number of piperazine rings is 1. The van der Waals surface area contributed by atoms with Crippen LogP contribution in [-0.2, 0) is 11.8 Å². The van der Waals surface area contributed by atoms with Gasteiger partial charge in [-0.25, -0.2) is 0 Å². The smallest absolute Gasteiger partial charge is 0.257 e. The lowest BCUT2D eigenvalue weighted by atomic mass is 10.0. The number of rotatable bonds is 3. The number of aromatic nitrogens is 2. The van der Waals surface area contributed by atoms with Gasteiger partial charge in [0.15, 0.2) is 0 Å².